The largest absolute Gasteiger partial charge is 0.484 e. The highest BCUT2D eigenvalue weighted by Gasteiger charge is 2.21. The van der Waals surface area contributed by atoms with Crippen LogP contribution in [-0.4, -0.2) is 25.6 Å². The average Bonchev–Trinajstić information content (AvgIpc) is 3.27. The maximum Gasteiger partial charge on any atom is 0.257 e. The van der Waals surface area contributed by atoms with Crippen molar-refractivity contribution in [3.05, 3.63) is 29.6 Å². The minimum Gasteiger partial charge on any atom is -0.484 e. The van der Waals surface area contributed by atoms with Crippen molar-refractivity contribution in [1.29, 1.82) is 0 Å². The number of hydrogen-bond acceptors (Lipinski definition) is 3. The van der Waals surface area contributed by atoms with Gasteiger partial charge in [-0.1, -0.05) is 6.92 Å². The standard InChI is InChI=1S/C16H23FN2O2/c1-2-5-18-9-13-6-14(17)8-15(7-13)21-11-16(20)19-10-12-3-4-12/h6-8,12,18H,2-5,9-11H2,1H3,(H,19,20). The van der Waals surface area contributed by atoms with Gasteiger partial charge in [-0.3, -0.25) is 4.79 Å². The highest BCUT2D eigenvalue weighted by Crippen LogP contribution is 2.27. The van der Waals surface area contributed by atoms with Crippen LogP contribution in [0.25, 0.3) is 0 Å². The monoisotopic (exact) mass is 294 g/mol. The Morgan fingerprint density at radius 2 is 2.19 bits per heavy atom. The van der Waals surface area contributed by atoms with E-state index >= 15 is 0 Å². The molecule has 0 radical (unpaired) electrons. The van der Waals surface area contributed by atoms with Gasteiger partial charge in [0.25, 0.3) is 5.91 Å². The lowest BCUT2D eigenvalue weighted by Gasteiger charge is -2.09. The molecule has 5 heteroatoms. The predicted octanol–water partition coefficient (Wildman–Crippen LogP) is 2.23. The van der Waals surface area contributed by atoms with Gasteiger partial charge in [0.15, 0.2) is 6.61 Å². The lowest BCUT2D eigenvalue weighted by Crippen LogP contribution is -2.30. The molecule has 0 aliphatic heterocycles. The quantitative estimate of drug-likeness (QED) is 0.687. The molecule has 1 aromatic carbocycles. The van der Waals surface area contributed by atoms with Crippen molar-refractivity contribution in [1.82, 2.24) is 10.6 Å². The van der Waals surface area contributed by atoms with Gasteiger partial charge in [0, 0.05) is 19.2 Å². The summed E-state index contributed by atoms with van der Waals surface area (Å²) < 4.78 is 18.9. The summed E-state index contributed by atoms with van der Waals surface area (Å²) >= 11 is 0. The zero-order chi connectivity index (χ0) is 15.1. The number of nitrogens with one attached hydrogen (secondary N) is 2. The second kappa shape index (κ2) is 7.98. The molecule has 116 valence electrons. The van der Waals surface area contributed by atoms with E-state index in [1.807, 2.05) is 0 Å². The minimum absolute atomic E-state index is 0.0714. The van der Waals surface area contributed by atoms with Gasteiger partial charge in [-0.2, -0.15) is 0 Å². The number of rotatable bonds is 9. The van der Waals surface area contributed by atoms with Crippen LogP contribution in [0.4, 0.5) is 4.39 Å². The third kappa shape index (κ3) is 6.12. The molecule has 4 nitrogen and oxygen atoms in total. The fourth-order valence-electron chi connectivity index (χ4n) is 2.00. The molecule has 1 aliphatic carbocycles. The van der Waals surface area contributed by atoms with Crippen molar-refractivity contribution in [2.24, 2.45) is 5.92 Å². The fourth-order valence-corrected chi connectivity index (χ4v) is 2.00. The van der Waals surface area contributed by atoms with Crippen molar-refractivity contribution in [3.63, 3.8) is 0 Å². The number of hydrogen-bond donors (Lipinski definition) is 2. The number of carbonyl (C=O) groups is 1. The first-order chi connectivity index (χ1) is 10.2. The highest BCUT2D eigenvalue weighted by atomic mass is 19.1. The van der Waals surface area contributed by atoms with Gasteiger partial charge in [0.2, 0.25) is 0 Å². The van der Waals surface area contributed by atoms with Crippen LogP contribution in [0.15, 0.2) is 18.2 Å². The zero-order valence-corrected chi connectivity index (χ0v) is 12.5. The molecular weight excluding hydrogens is 271 g/mol. The van der Waals surface area contributed by atoms with Gasteiger partial charge in [-0.05, 0) is 49.4 Å². The summed E-state index contributed by atoms with van der Waals surface area (Å²) in [5.41, 5.74) is 0.817. The molecule has 0 spiro atoms. The molecule has 1 aromatic rings. The molecule has 1 amide bonds. The van der Waals surface area contributed by atoms with E-state index in [0.29, 0.717) is 18.2 Å². The number of amides is 1. The summed E-state index contributed by atoms with van der Waals surface area (Å²) in [6, 6.07) is 4.54. The third-order valence-corrected chi connectivity index (χ3v) is 3.34. The van der Waals surface area contributed by atoms with Gasteiger partial charge in [0.05, 0.1) is 0 Å². The number of ether oxygens (including phenoxy) is 1. The Kier molecular flexibility index (Phi) is 5.99. The maximum atomic E-state index is 13.5. The van der Waals surface area contributed by atoms with Crippen molar-refractivity contribution >= 4 is 5.91 Å². The summed E-state index contributed by atoms with van der Waals surface area (Å²) in [7, 11) is 0. The van der Waals surface area contributed by atoms with Crippen molar-refractivity contribution < 1.29 is 13.9 Å². The molecule has 2 rings (SSSR count). The molecule has 1 aliphatic rings. The number of carbonyl (C=O) groups excluding carboxylic acids is 1. The Morgan fingerprint density at radius 3 is 2.90 bits per heavy atom. The van der Waals surface area contributed by atoms with Crippen LogP contribution < -0.4 is 15.4 Å². The molecule has 0 bridgehead atoms. The molecule has 21 heavy (non-hydrogen) atoms. The average molecular weight is 294 g/mol. The van der Waals surface area contributed by atoms with E-state index in [1.54, 1.807) is 6.07 Å². The van der Waals surface area contributed by atoms with Crippen LogP contribution >= 0.6 is 0 Å². The van der Waals surface area contributed by atoms with Crippen LogP contribution in [-0.2, 0) is 11.3 Å². The molecule has 0 heterocycles. The summed E-state index contributed by atoms with van der Waals surface area (Å²) in [5.74, 6) is 0.528. The lowest BCUT2D eigenvalue weighted by molar-refractivity contribution is -0.123. The molecule has 1 fully saturated rings. The summed E-state index contributed by atoms with van der Waals surface area (Å²) in [6.45, 7) is 4.20. The summed E-state index contributed by atoms with van der Waals surface area (Å²) in [4.78, 5) is 11.6. The zero-order valence-electron chi connectivity index (χ0n) is 12.5. The van der Waals surface area contributed by atoms with Gasteiger partial charge in [-0.15, -0.1) is 0 Å². The minimum atomic E-state index is -0.348. The van der Waals surface area contributed by atoms with Crippen molar-refractivity contribution in [3.8, 4) is 5.75 Å². The van der Waals surface area contributed by atoms with E-state index in [9.17, 15) is 9.18 Å². The van der Waals surface area contributed by atoms with Gasteiger partial charge in [-0.25, -0.2) is 4.39 Å². The molecule has 2 N–H and O–H groups in total. The van der Waals surface area contributed by atoms with Gasteiger partial charge in [0.1, 0.15) is 11.6 Å². The first-order valence-corrected chi connectivity index (χ1v) is 7.57. The molecule has 0 saturated heterocycles. The van der Waals surface area contributed by atoms with Crippen LogP contribution in [0.1, 0.15) is 31.7 Å². The van der Waals surface area contributed by atoms with E-state index in [0.717, 1.165) is 25.1 Å². The predicted molar refractivity (Wildman–Crippen MR) is 79.6 cm³/mol. The third-order valence-electron chi connectivity index (χ3n) is 3.34. The highest BCUT2D eigenvalue weighted by molar-refractivity contribution is 5.77. The SMILES string of the molecule is CCCNCc1cc(F)cc(OCC(=O)NCC2CC2)c1. The maximum absolute atomic E-state index is 13.5. The van der Waals surface area contributed by atoms with Crippen LogP contribution in [0.5, 0.6) is 5.75 Å². The van der Waals surface area contributed by atoms with Gasteiger partial charge < -0.3 is 15.4 Å². The van der Waals surface area contributed by atoms with Gasteiger partial charge >= 0.3 is 0 Å². The second-order valence-corrected chi connectivity index (χ2v) is 5.51. The second-order valence-electron chi connectivity index (χ2n) is 5.51. The van der Waals surface area contributed by atoms with E-state index in [4.69, 9.17) is 4.74 Å². The van der Waals surface area contributed by atoms with E-state index in [1.165, 1.54) is 25.0 Å². The molecule has 0 unspecified atom stereocenters. The van der Waals surface area contributed by atoms with E-state index < -0.39 is 0 Å². The van der Waals surface area contributed by atoms with Crippen LogP contribution in [0.2, 0.25) is 0 Å². The Morgan fingerprint density at radius 1 is 1.38 bits per heavy atom. The first kappa shape index (κ1) is 15.8. The summed E-state index contributed by atoms with van der Waals surface area (Å²) in [6.07, 6.45) is 3.41. The van der Waals surface area contributed by atoms with Crippen molar-refractivity contribution in [2.75, 3.05) is 19.7 Å². The van der Waals surface area contributed by atoms with Crippen molar-refractivity contribution in [2.45, 2.75) is 32.7 Å². The lowest BCUT2D eigenvalue weighted by atomic mass is 10.2. The first-order valence-electron chi connectivity index (χ1n) is 7.57. The topological polar surface area (TPSA) is 50.4 Å². The van der Waals surface area contributed by atoms with E-state index in [2.05, 4.69) is 17.6 Å². The van der Waals surface area contributed by atoms with Crippen LogP contribution in [0.3, 0.4) is 0 Å². The fraction of sp³-hybridized carbons (Fsp3) is 0.562. The Balaban J connectivity index is 1.79. The smallest absolute Gasteiger partial charge is 0.257 e. The molecular formula is C16H23FN2O2. The Bertz CT molecular complexity index is 475. The Labute approximate surface area is 125 Å². The number of benzene rings is 1. The molecule has 1 saturated carbocycles. The normalized spacial score (nSPS) is 14.0. The Hall–Kier alpha value is -1.62. The molecule has 0 atom stereocenters. The van der Waals surface area contributed by atoms with E-state index in [-0.39, 0.29) is 18.3 Å². The number of halogens is 1. The van der Waals surface area contributed by atoms with Crippen LogP contribution in [0, 0.1) is 11.7 Å². The molecule has 0 aromatic heterocycles. The summed E-state index contributed by atoms with van der Waals surface area (Å²) in [5, 5.41) is 6.02.